The first-order valence-corrected chi connectivity index (χ1v) is 34.8. The van der Waals surface area contributed by atoms with Gasteiger partial charge in [0.25, 0.3) is 0 Å². The highest BCUT2D eigenvalue weighted by atomic mass is 32.2. The first kappa shape index (κ1) is 69.3. The highest BCUT2D eigenvalue weighted by molar-refractivity contribution is 7.91. The van der Waals surface area contributed by atoms with E-state index in [0.29, 0.717) is 67.0 Å². The number of nitrogen functional groups attached to an aromatic ring is 3. The molecule has 0 fully saturated rings. The van der Waals surface area contributed by atoms with Crippen molar-refractivity contribution in [1.82, 2.24) is 59.8 Å². The zero-order valence-corrected chi connectivity index (χ0v) is 55.3. The van der Waals surface area contributed by atoms with Crippen LogP contribution in [-0.4, -0.2) is 104 Å². The van der Waals surface area contributed by atoms with Crippen LogP contribution in [0.4, 0.5) is 48.1 Å². The summed E-state index contributed by atoms with van der Waals surface area (Å²) in [7, 11) is -10.8. The van der Waals surface area contributed by atoms with Crippen molar-refractivity contribution in [2.75, 3.05) is 51.9 Å². The Bertz CT molecular complexity index is 5150. The lowest BCUT2D eigenvalue weighted by molar-refractivity contribution is 0.600. The molecule has 27 nitrogen and oxygen atoms in total. The fourth-order valence-corrected chi connectivity index (χ4v) is 13.1. The number of halogens is 3. The Labute approximate surface area is 563 Å². The lowest BCUT2D eigenvalue weighted by atomic mass is 9.99. The quantitative estimate of drug-likeness (QED) is 0.0555. The molecule has 1 unspecified atom stereocenters. The van der Waals surface area contributed by atoms with Crippen molar-refractivity contribution in [2.45, 2.75) is 53.6 Å². The van der Waals surface area contributed by atoms with E-state index in [1.165, 1.54) is 55.4 Å². The summed E-state index contributed by atoms with van der Waals surface area (Å²) in [6.07, 6.45) is 10.3. The number of nitrogens with two attached hydrogens (primary N) is 3. The summed E-state index contributed by atoms with van der Waals surface area (Å²) in [5.41, 5.74) is 23.4. The van der Waals surface area contributed by atoms with Gasteiger partial charge in [0, 0.05) is 70.3 Å². The van der Waals surface area contributed by atoms with Gasteiger partial charge >= 0.3 is 0 Å². The molecule has 0 bridgehead atoms. The van der Waals surface area contributed by atoms with E-state index in [9.17, 15) is 54.2 Å². The van der Waals surface area contributed by atoms with Gasteiger partial charge in [-0.1, -0.05) is 54.6 Å². The molecule has 99 heavy (non-hydrogen) atoms. The number of hydrogen-bond acceptors (Lipinski definition) is 27. The predicted octanol–water partition coefficient (Wildman–Crippen LogP) is 9.77. The van der Waals surface area contributed by atoms with Crippen LogP contribution in [0.5, 0.6) is 0 Å². The van der Waals surface area contributed by atoms with Crippen molar-refractivity contribution < 1.29 is 38.4 Å². The van der Waals surface area contributed by atoms with Gasteiger partial charge in [-0.15, -0.1) is 0 Å². The summed E-state index contributed by atoms with van der Waals surface area (Å²) in [5, 5.41) is 37.7. The van der Waals surface area contributed by atoms with E-state index >= 15 is 0 Å². The fraction of sp³-hybridized carbons (Fsp3) is 0.136. The number of nitrogens with one attached hydrogen (secondary N) is 3. The molecule has 3 atom stereocenters. The van der Waals surface area contributed by atoms with Gasteiger partial charge < -0.3 is 33.2 Å². The third kappa shape index (κ3) is 15.3. The summed E-state index contributed by atoms with van der Waals surface area (Å²) in [4.78, 5) is 50.1. The van der Waals surface area contributed by atoms with Crippen molar-refractivity contribution in [1.29, 1.82) is 15.8 Å². The maximum Gasteiger partial charge on any atom is 0.176 e. The van der Waals surface area contributed by atoms with Gasteiger partial charge in [-0.2, -0.15) is 15.8 Å². The van der Waals surface area contributed by atoms with Crippen LogP contribution in [0.15, 0.2) is 161 Å². The van der Waals surface area contributed by atoms with Crippen LogP contribution in [-0.2, 0) is 29.5 Å². The Morgan fingerprint density at radius 3 is 0.879 bits per heavy atom. The zero-order valence-electron chi connectivity index (χ0n) is 52.8. The lowest BCUT2D eigenvalue weighted by Gasteiger charge is -2.20. The molecular weight excluding hydrogens is 1340 g/mol. The monoisotopic (exact) mass is 1390 g/mol. The lowest BCUT2D eigenvalue weighted by Crippen LogP contribution is -2.13. The Kier molecular flexibility index (Phi) is 19.9. The van der Waals surface area contributed by atoms with Crippen LogP contribution in [0.2, 0.25) is 0 Å². The molecule has 0 aliphatic rings. The van der Waals surface area contributed by atoms with Crippen LogP contribution < -0.4 is 33.2 Å². The molecule has 498 valence electrons. The number of aromatic nitrogens is 12. The molecule has 0 radical (unpaired) electrons. The molecule has 9 N–H and O–H groups in total. The molecule has 9 aromatic heterocycles. The van der Waals surface area contributed by atoms with Gasteiger partial charge in [-0.3, -0.25) is 15.0 Å². The summed E-state index contributed by atoms with van der Waals surface area (Å²) in [6.45, 7) is 5.37. The van der Waals surface area contributed by atoms with E-state index in [4.69, 9.17) is 17.2 Å². The van der Waals surface area contributed by atoms with E-state index in [2.05, 4.69) is 75.8 Å². The molecule has 0 aliphatic carbocycles. The average Bonchev–Trinajstić information content (AvgIpc) is 0.779. The Morgan fingerprint density at radius 1 is 0.384 bits per heavy atom. The first-order chi connectivity index (χ1) is 47.1. The highest BCUT2D eigenvalue weighted by Crippen LogP contribution is 2.39. The number of benzene rings is 3. The normalized spacial score (nSPS) is 12.3. The van der Waals surface area contributed by atoms with Crippen LogP contribution in [0, 0.1) is 51.4 Å². The molecule has 0 amide bonds. The van der Waals surface area contributed by atoms with Gasteiger partial charge in [0.2, 0.25) is 0 Å². The number of pyridine rings is 6. The van der Waals surface area contributed by atoms with Gasteiger partial charge in [0.1, 0.15) is 106 Å². The third-order valence-corrected chi connectivity index (χ3v) is 18.5. The second kappa shape index (κ2) is 28.4. The van der Waals surface area contributed by atoms with Gasteiger partial charge in [0.15, 0.2) is 29.5 Å². The molecular formula is C66H54F3N21O6S3. The molecule has 0 aliphatic heterocycles. The van der Waals surface area contributed by atoms with Crippen molar-refractivity contribution in [2.24, 2.45) is 0 Å². The SMILES string of the molecule is CC(Nc1ncnc(N)c1C#N)c1cc2ncc(F)cc2nc1-c1ccccc1S(C)(=O)=O.C[C@@H](Nc1ncnc(N)c1C#N)c1cc2ncc(F)cc2nc1-c1ccccc1S(C)(=O)=O.C[C@H](Nc1ncnc(N)c1C#N)c1cc2ncc(F)cc2nc1-c1ccccc1S(C)(=O)=O. The van der Waals surface area contributed by atoms with E-state index in [1.54, 1.807) is 93.6 Å². The van der Waals surface area contributed by atoms with Crippen LogP contribution in [0.1, 0.15) is 72.3 Å². The van der Waals surface area contributed by atoms with Crippen molar-refractivity contribution in [3.05, 3.63) is 198 Å². The highest BCUT2D eigenvalue weighted by Gasteiger charge is 2.27. The second-order valence-electron chi connectivity index (χ2n) is 22.0. The summed E-state index contributed by atoms with van der Waals surface area (Å²) in [5.74, 6) is -0.967. The summed E-state index contributed by atoms with van der Waals surface area (Å²) < 4.78 is 116. The standard InChI is InChI=1S/3C22H18FN7O2S/c3*1-12(29-22-16(9-24)21(25)27-11-28-22)15-8-17-18(7-13(23)10-26-17)30-20(15)14-5-3-4-6-19(14)33(2,31)32/h3*3-8,10-12H,1-2H3,(H3,25,27,28,29)/t2*12-;/m10./s1. The van der Waals surface area contributed by atoms with E-state index in [-0.39, 0.29) is 82.8 Å². The fourth-order valence-electron chi connectivity index (χ4n) is 10.4. The molecule has 0 spiro atoms. The number of fused-ring (bicyclic) bond motifs is 3. The average molecular weight is 1390 g/mol. The minimum atomic E-state index is -3.59. The van der Waals surface area contributed by atoms with Gasteiger partial charge in [-0.05, 0) is 57.2 Å². The maximum atomic E-state index is 13.8. The van der Waals surface area contributed by atoms with Crippen LogP contribution in [0.25, 0.3) is 66.9 Å². The summed E-state index contributed by atoms with van der Waals surface area (Å²) >= 11 is 0. The minimum Gasteiger partial charge on any atom is -0.382 e. The number of rotatable bonds is 15. The molecule has 0 saturated heterocycles. The van der Waals surface area contributed by atoms with Crippen LogP contribution >= 0.6 is 0 Å². The van der Waals surface area contributed by atoms with Crippen LogP contribution in [0.3, 0.4) is 0 Å². The second-order valence-corrected chi connectivity index (χ2v) is 28.0. The number of anilines is 6. The molecule has 33 heteroatoms. The summed E-state index contributed by atoms with van der Waals surface area (Å²) in [6, 6.07) is 32.5. The number of sulfone groups is 3. The predicted molar refractivity (Wildman–Crippen MR) is 364 cm³/mol. The Balaban J connectivity index is 0.000000161. The number of nitrogens with zero attached hydrogens (tertiary/aromatic N) is 15. The van der Waals surface area contributed by atoms with Crippen molar-refractivity contribution >= 4 is 97.5 Å². The van der Waals surface area contributed by atoms with Gasteiger partial charge in [-0.25, -0.2) is 83.3 Å². The van der Waals surface area contributed by atoms with Crippen molar-refractivity contribution in [3.63, 3.8) is 0 Å². The number of nitriles is 3. The number of hydrogen-bond donors (Lipinski definition) is 6. The van der Waals surface area contributed by atoms with E-state index < -0.39 is 65.1 Å². The smallest absolute Gasteiger partial charge is 0.176 e. The van der Waals surface area contributed by atoms with E-state index in [0.717, 1.165) is 37.4 Å². The first-order valence-electron chi connectivity index (χ1n) is 29.1. The topological polar surface area (TPSA) is 443 Å². The molecule has 12 rings (SSSR count). The Morgan fingerprint density at radius 2 is 0.636 bits per heavy atom. The largest absolute Gasteiger partial charge is 0.382 e. The van der Waals surface area contributed by atoms with Crippen molar-refractivity contribution in [3.8, 4) is 52.0 Å². The molecule has 9 heterocycles. The molecule has 0 saturated carbocycles. The maximum absolute atomic E-state index is 13.8. The zero-order chi connectivity index (χ0) is 71.3. The van der Waals surface area contributed by atoms with Gasteiger partial charge in [0.05, 0.1) is 102 Å². The van der Waals surface area contributed by atoms with E-state index in [1.807, 2.05) is 18.2 Å². The minimum absolute atomic E-state index is 0.0265. The Hall–Kier alpha value is -12.5. The molecule has 12 aromatic rings. The molecule has 3 aromatic carbocycles. The third-order valence-electron chi connectivity index (χ3n) is 15.0.